The van der Waals surface area contributed by atoms with Gasteiger partial charge in [-0.1, -0.05) is 115 Å². The summed E-state index contributed by atoms with van der Waals surface area (Å²) < 4.78 is 63.0. The first-order valence-corrected chi connectivity index (χ1v) is 17.9. The van der Waals surface area contributed by atoms with Crippen LogP contribution in [-0.2, 0) is 0 Å². The number of rotatable bonds is 14. The van der Waals surface area contributed by atoms with Crippen molar-refractivity contribution in [1.82, 2.24) is 0 Å². The van der Waals surface area contributed by atoms with E-state index in [4.69, 9.17) is 0 Å². The summed E-state index contributed by atoms with van der Waals surface area (Å²) in [6.45, 7) is 0. The van der Waals surface area contributed by atoms with E-state index in [1.165, 1.54) is 101 Å². The van der Waals surface area contributed by atoms with Crippen LogP contribution >= 0.6 is 58.2 Å². The molecule has 0 aliphatic carbocycles. The minimum absolute atomic E-state index is 1.17. The molecule has 0 fully saturated rings. The van der Waals surface area contributed by atoms with Crippen LogP contribution in [0.5, 0.6) is 0 Å². The summed E-state index contributed by atoms with van der Waals surface area (Å²) in [6.07, 6.45) is 14.0. The predicted molar refractivity (Wildman–Crippen MR) is 154 cm³/mol. The fourth-order valence-electron chi connectivity index (χ4n) is 3.61. The van der Waals surface area contributed by atoms with Crippen LogP contribution in [0.2, 0.25) is 0 Å². The molecule has 0 radical (unpaired) electrons. The van der Waals surface area contributed by atoms with Crippen LogP contribution in [0.4, 0.5) is 25.2 Å². The van der Waals surface area contributed by atoms with E-state index in [1.807, 2.05) is 22.7 Å². The van der Waals surface area contributed by atoms with Crippen molar-refractivity contribution in [2.75, 3.05) is 11.1 Å². The summed E-state index contributed by atoms with van der Waals surface area (Å²) in [6, 6.07) is 15.5. The topological polar surface area (TPSA) is 0 Å². The van der Waals surface area contributed by atoms with Crippen molar-refractivity contribution in [2.24, 2.45) is 0 Å². The average molecular weight is 654 g/mol. The number of halogens is 7. The Kier molecular flexibility index (Phi) is 12.5. The zero-order chi connectivity index (χ0) is 26.6. The van der Waals surface area contributed by atoms with E-state index in [0.29, 0.717) is 0 Å². The number of fused-ring (bicyclic) bond motifs is 1. The summed E-state index contributed by atoms with van der Waals surface area (Å²) in [5.41, 5.74) is 1.37. The predicted octanol–water partition coefficient (Wildman–Crippen LogP) is 13.7. The van der Waals surface area contributed by atoms with Crippen LogP contribution in [0.15, 0.2) is 51.4 Å². The molecular formula is C25H32BrF6PS3. The van der Waals surface area contributed by atoms with Crippen LogP contribution in [0, 0.1) is 0 Å². The molecule has 2 aromatic carbocycles. The molecule has 3 aromatic rings. The first-order valence-electron chi connectivity index (χ1n) is 12.0. The molecule has 0 saturated heterocycles. The molecule has 204 valence electrons. The van der Waals surface area contributed by atoms with Crippen LogP contribution in [0.25, 0.3) is 21.2 Å². The van der Waals surface area contributed by atoms with Gasteiger partial charge in [-0.25, -0.2) is 0 Å². The van der Waals surface area contributed by atoms with Crippen LogP contribution in [0.1, 0.15) is 64.2 Å². The minimum atomic E-state index is -10.7. The summed E-state index contributed by atoms with van der Waals surface area (Å²) in [4.78, 5) is 1.45. The standard InChI is InChI=1S/C25H32BrS3.F6P/c26-17-11-7-5-3-1-2-4-6-8-12-18-27-25-24(28-20-29-25)23-16-15-21-13-9-10-14-22(21)19-23;1-7(2,3,4,5)6/h9-10,13-16,19-20H,1-8,11-12,17-18H2;/q+1;-1. The van der Waals surface area contributed by atoms with Gasteiger partial charge >= 0.3 is 33.0 Å². The Morgan fingerprint density at radius 3 is 1.83 bits per heavy atom. The molecule has 0 aliphatic heterocycles. The Hall–Kier alpha value is -0.410. The normalized spacial score (nSPS) is 13.6. The van der Waals surface area contributed by atoms with Crippen LogP contribution < -0.4 is 0 Å². The van der Waals surface area contributed by atoms with Gasteiger partial charge in [0.2, 0.25) is 8.90 Å². The van der Waals surface area contributed by atoms with Gasteiger partial charge in [0.15, 0.2) is 4.88 Å². The third kappa shape index (κ3) is 15.8. The molecule has 0 spiro atoms. The molecule has 1 aromatic heterocycles. The SMILES string of the molecule is BrCCCCCCCCCCCCSc1[s+]csc1-c1ccc2ccccc2c1.F[P-](F)(F)(F)(F)F. The molecule has 1 heterocycles. The summed E-state index contributed by atoms with van der Waals surface area (Å²) in [7, 11) is -10.7. The van der Waals surface area contributed by atoms with Crippen LogP contribution in [0.3, 0.4) is 0 Å². The summed E-state index contributed by atoms with van der Waals surface area (Å²) in [5, 5.41) is 3.83. The number of unbranched alkanes of at least 4 members (excludes halogenated alkanes) is 9. The molecule has 0 saturated carbocycles. The van der Waals surface area contributed by atoms with E-state index in [2.05, 4.69) is 74.9 Å². The molecular weight excluding hydrogens is 621 g/mol. The molecule has 0 aliphatic rings. The zero-order valence-electron chi connectivity index (χ0n) is 19.9. The Labute approximate surface area is 230 Å². The Bertz CT molecular complexity index is 1050. The number of hydrogen-bond donors (Lipinski definition) is 0. The molecule has 0 atom stereocenters. The van der Waals surface area contributed by atoms with E-state index in [9.17, 15) is 25.2 Å². The van der Waals surface area contributed by atoms with Gasteiger partial charge in [-0.3, -0.25) is 0 Å². The molecule has 0 N–H and O–H groups in total. The van der Waals surface area contributed by atoms with E-state index < -0.39 is 7.81 Å². The quantitative estimate of drug-likeness (QED) is 0.0417. The molecule has 0 bridgehead atoms. The second kappa shape index (κ2) is 14.1. The van der Waals surface area contributed by atoms with Gasteiger partial charge in [0, 0.05) is 16.6 Å². The Morgan fingerprint density at radius 1 is 0.722 bits per heavy atom. The molecule has 0 unspecified atom stereocenters. The molecule has 3 rings (SSSR count). The molecule has 0 nitrogen and oxygen atoms in total. The average Bonchev–Trinajstić information content (AvgIpc) is 3.26. The van der Waals surface area contributed by atoms with E-state index >= 15 is 0 Å². The Balaban J connectivity index is 0.000000572. The maximum absolute atomic E-state index is 10.7. The van der Waals surface area contributed by atoms with Gasteiger partial charge in [0.1, 0.15) is 0 Å². The third-order valence-corrected chi connectivity index (χ3v) is 9.56. The van der Waals surface area contributed by atoms with Crippen LogP contribution in [-0.4, -0.2) is 11.1 Å². The van der Waals surface area contributed by atoms with Crippen molar-refractivity contribution in [2.45, 2.75) is 68.4 Å². The van der Waals surface area contributed by atoms with Gasteiger partial charge in [-0.15, -0.1) is 0 Å². The maximum atomic E-state index is 9.87. The number of benzene rings is 2. The van der Waals surface area contributed by atoms with Gasteiger partial charge in [-0.05, 0) is 29.7 Å². The number of thioether (sulfide) groups is 1. The summed E-state index contributed by atoms with van der Waals surface area (Å²) >= 11 is 9.37. The van der Waals surface area contributed by atoms with Gasteiger partial charge in [-0.2, -0.15) is 0 Å². The van der Waals surface area contributed by atoms with Crippen molar-refractivity contribution in [1.29, 1.82) is 0 Å². The van der Waals surface area contributed by atoms with Crippen molar-refractivity contribution in [3.05, 3.63) is 47.2 Å². The molecule has 36 heavy (non-hydrogen) atoms. The Morgan fingerprint density at radius 2 is 1.25 bits per heavy atom. The van der Waals surface area contributed by atoms with Crippen molar-refractivity contribution in [3.63, 3.8) is 0 Å². The third-order valence-electron chi connectivity index (χ3n) is 5.28. The van der Waals surface area contributed by atoms with Crippen molar-refractivity contribution < 1.29 is 25.2 Å². The zero-order valence-corrected chi connectivity index (χ0v) is 24.9. The second-order valence-corrected chi connectivity index (χ2v) is 14.7. The van der Waals surface area contributed by atoms with Gasteiger partial charge in [0.25, 0.3) is 0 Å². The summed E-state index contributed by atoms with van der Waals surface area (Å²) in [5.74, 6) is 1.25. The first kappa shape index (κ1) is 31.8. The van der Waals surface area contributed by atoms with Crippen molar-refractivity contribution in [3.8, 4) is 10.4 Å². The molecule has 11 heteroatoms. The number of alkyl halides is 1. The molecule has 0 amide bonds. The first-order chi connectivity index (χ1) is 16.8. The second-order valence-electron chi connectivity index (χ2n) is 8.54. The van der Waals surface area contributed by atoms with Gasteiger partial charge < -0.3 is 0 Å². The van der Waals surface area contributed by atoms with E-state index in [1.54, 1.807) is 0 Å². The fourth-order valence-corrected chi connectivity index (χ4v) is 7.79. The van der Waals surface area contributed by atoms with E-state index in [0.717, 1.165) is 0 Å². The van der Waals surface area contributed by atoms with Gasteiger partial charge in [0.05, 0.1) is 22.7 Å². The number of hydrogen-bond acceptors (Lipinski definition) is 2. The monoisotopic (exact) mass is 652 g/mol. The van der Waals surface area contributed by atoms with E-state index in [-0.39, 0.29) is 0 Å². The van der Waals surface area contributed by atoms with Crippen molar-refractivity contribution >= 4 is 68.9 Å². The fraction of sp³-hybridized carbons (Fsp3) is 0.480.